The van der Waals surface area contributed by atoms with Gasteiger partial charge in [-0.3, -0.25) is 0 Å². The summed E-state index contributed by atoms with van der Waals surface area (Å²) in [6.45, 7) is 4.52. The van der Waals surface area contributed by atoms with Crippen molar-refractivity contribution in [1.29, 1.82) is 0 Å². The zero-order chi connectivity index (χ0) is 13.0. The van der Waals surface area contributed by atoms with Gasteiger partial charge in [-0.25, -0.2) is 0 Å². The average Bonchev–Trinajstić information content (AvgIpc) is 2.41. The molecule has 0 amide bonds. The van der Waals surface area contributed by atoms with Crippen molar-refractivity contribution >= 4 is 0 Å². The lowest BCUT2D eigenvalue weighted by atomic mass is 9.73. The standard InChI is InChI=1S/C17H27N/c1-3-14-9-6-7-11-16(14)17(18)12-15-10-5-4-8-13(15)2/h4-5,8,10,14,16-17H,3,6-7,9,11-12,18H2,1-2H3. The molecule has 0 radical (unpaired) electrons. The second-order valence-electron chi connectivity index (χ2n) is 5.91. The number of aryl methyl sites for hydroxylation is 1. The predicted octanol–water partition coefficient (Wildman–Crippen LogP) is 4.08. The summed E-state index contributed by atoms with van der Waals surface area (Å²) in [5.74, 6) is 1.60. The molecule has 0 bridgehead atoms. The SMILES string of the molecule is CCC1CCCCC1C(N)Cc1ccccc1C. The summed E-state index contributed by atoms with van der Waals surface area (Å²) in [7, 11) is 0. The molecule has 1 nitrogen and oxygen atoms in total. The molecule has 1 fully saturated rings. The van der Waals surface area contributed by atoms with Crippen LogP contribution in [0.3, 0.4) is 0 Å². The van der Waals surface area contributed by atoms with E-state index in [1.807, 2.05) is 0 Å². The van der Waals surface area contributed by atoms with Crippen molar-refractivity contribution in [2.24, 2.45) is 17.6 Å². The first-order valence-corrected chi connectivity index (χ1v) is 7.52. The Hall–Kier alpha value is -0.820. The van der Waals surface area contributed by atoms with Crippen LogP contribution in [0.15, 0.2) is 24.3 Å². The zero-order valence-electron chi connectivity index (χ0n) is 11.9. The molecule has 100 valence electrons. The van der Waals surface area contributed by atoms with Crippen LogP contribution in [0.2, 0.25) is 0 Å². The van der Waals surface area contributed by atoms with E-state index in [2.05, 4.69) is 38.1 Å². The van der Waals surface area contributed by atoms with Crippen LogP contribution < -0.4 is 5.73 Å². The number of hydrogen-bond acceptors (Lipinski definition) is 1. The quantitative estimate of drug-likeness (QED) is 0.850. The summed E-state index contributed by atoms with van der Waals surface area (Å²) in [6.07, 6.45) is 7.86. The van der Waals surface area contributed by atoms with Crippen molar-refractivity contribution in [2.75, 3.05) is 0 Å². The van der Waals surface area contributed by atoms with E-state index in [4.69, 9.17) is 5.73 Å². The minimum absolute atomic E-state index is 0.344. The molecule has 1 heteroatoms. The lowest BCUT2D eigenvalue weighted by molar-refractivity contribution is 0.195. The summed E-state index contributed by atoms with van der Waals surface area (Å²) in [5.41, 5.74) is 9.34. The number of rotatable bonds is 4. The van der Waals surface area contributed by atoms with Gasteiger partial charge in [-0.2, -0.15) is 0 Å². The van der Waals surface area contributed by atoms with Gasteiger partial charge in [-0.05, 0) is 42.7 Å². The maximum atomic E-state index is 6.52. The molecule has 1 aromatic carbocycles. The number of hydrogen-bond donors (Lipinski definition) is 1. The maximum absolute atomic E-state index is 6.52. The maximum Gasteiger partial charge on any atom is 0.0110 e. The number of nitrogens with two attached hydrogens (primary N) is 1. The van der Waals surface area contributed by atoms with Crippen LogP contribution in [0.5, 0.6) is 0 Å². The summed E-state index contributed by atoms with van der Waals surface area (Å²) >= 11 is 0. The molecule has 0 saturated heterocycles. The van der Waals surface area contributed by atoms with E-state index in [-0.39, 0.29) is 0 Å². The Morgan fingerprint density at radius 3 is 2.67 bits per heavy atom. The highest BCUT2D eigenvalue weighted by atomic mass is 14.7. The van der Waals surface area contributed by atoms with Crippen molar-refractivity contribution in [3.05, 3.63) is 35.4 Å². The first kappa shape index (κ1) is 13.6. The average molecular weight is 245 g/mol. The Labute approximate surface area is 112 Å². The predicted molar refractivity (Wildman–Crippen MR) is 78.6 cm³/mol. The zero-order valence-corrected chi connectivity index (χ0v) is 11.9. The van der Waals surface area contributed by atoms with E-state index < -0.39 is 0 Å². The number of benzene rings is 1. The van der Waals surface area contributed by atoms with Crippen LogP contribution in [-0.4, -0.2) is 6.04 Å². The van der Waals surface area contributed by atoms with E-state index in [0.717, 1.165) is 18.3 Å². The largest absolute Gasteiger partial charge is 0.327 e. The smallest absolute Gasteiger partial charge is 0.0110 e. The van der Waals surface area contributed by atoms with Gasteiger partial charge in [0.1, 0.15) is 0 Å². The Balaban J connectivity index is 2.02. The molecule has 3 unspecified atom stereocenters. The second kappa shape index (κ2) is 6.38. The molecular formula is C17H27N. The van der Waals surface area contributed by atoms with Gasteiger partial charge in [0.15, 0.2) is 0 Å². The molecule has 2 N–H and O–H groups in total. The summed E-state index contributed by atoms with van der Waals surface area (Å²) in [6, 6.07) is 9.02. The summed E-state index contributed by atoms with van der Waals surface area (Å²) in [5, 5.41) is 0. The van der Waals surface area contributed by atoms with Gasteiger partial charge in [-0.15, -0.1) is 0 Å². The Bertz CT molecular complexity index is 372. The van der Waals surface area contributed by atoms with E-state index in [1.54, 1.807) is 0 Å². The van der Waals surface area contributed by atoms with Gasteiger partial charge < -0.3 is 5.73 Å². The van der Waals surface area contributed by atoms with Crippen LogP contribution in [0.4, 0.5) is 0 Å². The Morgan fingerprint density at radius 1 is 1.22 bits per heavy atom. The highest BCUT2D eigenvalue weighted by Crippen LogP contribution is 2.34. The molecule has 3 atom stereocenters. The van der Waals surface area contributed by atoms with Crippen molar-refractivity contribution in [3.8, 4) is 0 Å². The van der Waals surface area contributed by atoms with Gasteiger partial charge in [0.2, 0.25) is 0 Å². The van der Waals surface area contributed by atoms with Crippen LogP contribution in [0.1, 0.15) is 50.2 Å². The fourth-order valence-electron chi connectivity index (χ4n) is 3.55. The van der Waals surface area contributed by atoms with Crippen molar-refractivity contribution in [2.45, 2.75) is 58.4 Å². The van der Waals surface area contributed by atoms with E-state index >= 15 is 0 Å². The molecule has 2 rings (SSSR count). The minimum atomic E-state index is 0.344. The third-order valence-electron chi connectivity index (χ3n) is 4.76. The van der Waals surface area contributed by atoms with E-state index in [0.29, 0.717) is 6.04 Å². The van der Waals surface area contributed by atoms with Crippen molar-refractivity contribution in [1.82, 2.24) is 0 Å². The van der Waals surface area contributed by atoms with Gasteiger partial charge in [0.25, 0.3) is 0 Å². The van der Waals surface area contributed by atoms with Gasteiger partial charge in [-0.1, -0.05) is 56.9 Å². The van der Waals surface area contributed by atoms with Gasteiger partial charge >= 0.3 is 0 Å². The van der Waals surface area contributed by atoms with Crippen LogP contribution in [0.25, 0.3) is 0 Å². The monoisotopic (exact) mass is 245 g/mol. The Morgan fingerprint density at radius 2 is 1.94 bits per heavy atom. The molecule has 0 aliphatic heterocycles. The van der Waals surface area contributed by atoms with E-state index in [1.165, 1.54) is 43.2 Å². The first-order chi connectivity index (χ1) is 8.72. The molecule has 1 aliphatic rings. The second-order valence-corrected chi connectivity index (χ2v) is 5.91. The lowest BCUT2D eigenvalue weighted by Crippen LogP contribution is -2.38. The molecule has 1 aliphatic carbocycles. The topological polar surface area (TPSA) is 26.0 Å². The fourth-order valence-corrected chi connectivity index (χ4v) is 3.55. The van der Waals surface area contributed by atoms with Gasteiger partial charge in [0, 0.05) is 6.04 Å². The van der Waals surface area contributed by atoms with E-state index in [9.17, 15) is 0 Å². The third-order valence-corrected chi connectivity index (χ3v) is 4.76. The van der Waals surface area contributed by atoms with Crippen molar-refractivity contribution in [3.63, 3.8) is 0 Å². The van der Waals surface area contributed by atoms with Crippen LogP contribution in [-0.2, 0) is 6.42 Å². The van der Waals surface area contributed by atoms with Gasteiger partial charge in [0.05, 0.1) is 0 Å². The Kier molecular flexibility index (Phi) is 4.82. The normalized spacial score (nSPS) is 25.9. The molecule has 0 heterocycles. The molecule has 18 heavy (non-hydrogen) atoms. The highest BCUT2D eigenvalue weighted by Gasteiger charge is 2.28. The lowest BCUT2D eigenvalue weighted by Gasteiger charge is -2.35. The fraction of sp³-hybridized carbons (Fsp3) is 0.647. The molecule has 1 aromatic rings. The highest BCUT2D eigenvalue weighted by molar-refractivity contribution is 5.26. The summed E-state index contributed by atoms with van der Waals surface area (Å²) in [4.78, 5) is 0. The molecule has 0 aromatic heterocycles. The molecular weight excluding hydrogens is 218 g/mol. The van der Waals surface area contributed by atoms with Crippen molar-refractivity contribution < 1.29 is 0 Å². The molecule has 0 spiro atoms. The third kappa shape index (κ3) is 3.14. The van der Waals surface area contributed by atoms with Crippen LogP contribution in [0, 0.1) is 18.8 Å². The minimum Gasteiger partial charge on any atom is -0.327 e. The first-order valence-electron chi connectivity index (χ1n) is 7.52. The molecule has 1 saturated carbocycles. The van der Waals surface area contributed by atoms with Crippen LogP contribution >= 0.6 is 0 Å². The summed E-state index contributed by atoms with van der Waals surface area (Å²) < 4.78 is 0.